The molecule has 1 aromatic rings. The molecule has 0 spiro atoms. The minimum atomic E-state index is 0.111. The Balaban J connectivity index is 1.61. The Labute approximate surface area is 130 Å². The number of aromatic nitrogens is 1. The molecule has 2 aliphatic heterocycles. The van der Waals surface area contributed by atoms with Crippen LogP contribution in [-0.2, 0) is 17.8 Å². The van der Waals surface area contributed by atoms with Gasteiger partial charge in [-0.25, -0.2) is 4.98 Å². The van der Waals surface area contributed by atoms with Gasteiger partial charge in [-0.15, -0.1) is 11.3 Å². The zero-order valence-corrected chi connectivity index (χ0v) is 13.6. The Hall–Kier alpha value is -0.980. The van der Waals surface area contributed by atoms with Crippen LogP contribution in [0.4, 0.5) is 0 Å². The summed E-state index contributed by atoms with van der Waals surface area (Å²) in [6.45, 7) is 0.911. The minimum absolute atomic E-state index is 0.111. The zero-order chi connectivity index (χ0) is 15.0. The summed E-state index contributed by atoms with van der Waals surface area (Å²) in [6, 6.07) is 1.64. The van der Waals surface area contributed by atoms with Crippen molar-refractivity contribution in [3.05, 3.63) is 16.1 Å². The normalized spacial score (nSPS) is 28.8. The standard InChI is InChI=1S/C15H24N4OS/c1-18(2)15(20)7-14-17-11(9-21-14)8-19-12-3-4-13(19)6-10(16)5-12/h9-10,12-13H,3-8,16H2,1-2H3. The first-order chi connectivity index (χ1) is 10.0. The van der Waals surface area contributed by atoms with Gasteiger partial charge in [-0.05, 0) is 25.7 Å². The number of amides is 1. The van der Waals surface area contributed by atoms with Gasteiger partial charge in [-0.1, -0.05) is 0 Å². The number of carbonyl (C=O) groups is 1. The molecule has 1 amide bonds. The van der Waals surface area contributed by atoms with Crippen LogP contribution < -0.4 is 5.73 Å². The third-order valence-electron chi connectivity index (χ3n) is 4.67. The van der Waals surface area contributed by atoms with Crippen molar-refractivity contribution in [1.82, 2.24) is 14.8 Å². The number of thiazole rings is 1. The average molecular weight is 308 g/mol. The topological polar surface area (TPSA) is 62.5 Å². The van der Waals surface area contributed by atoms with E-state index in [-0.39, 0.29) is 5.91 Å². The first-order valence-corrected chi connectivity index (χ1v) is 8.55. The lowest BCUT2D eigenvalue weighted by atomic mass is 9.98. The van der Waals surface area contributed by atoms with Crippen molar-refractivity contribution in [3.63, 3.8) is 0 Å². The summed E-state index contributed by atoms with van der Waals surface area (Å²) >= 11 is 1.60. The number of hydrogen-bond acceptors (Lipinski definition) is 5. The number of rotatable bonds is 4. The molecule has 2 bridgehead atoms. The van der Waals surface area contributed by atoms with Crippen LogP contribution in [0.2, 0.25) is 0 Å². The van der Waals surface area contributed by atoms with Crippen molar-refractivity contribution in [3.8, 4) is 0 Å². The fourth-order valence-electron chi connectivity index (χ4n) is 3.55. The monoisotopic (exact) mass is 308 g/mol. The lowest BCUT2D eigenvalue weighted by molar-refractivity contribution is -0.127. The molecule has 21 heavy (non-hydrogen) atoms. The maximum atomic E-state index is 11.7. The average Bonchev–Trinajstić information content (AvgIpc) is 2.94. The molecule has 2 saturated heterocycles. The van der Waals surface area contributed by atoms with Crippen LogP contribution in [0.5, 0.6) is 0 Å². The summed E-state index contributed by atoms with van der Waals surface area (Å²) in [5.41, 5.74) is 7.22. The van der Waals surface area contributed by atoms with Gasteiger partial charge in [-0.3, -0.25) is 9.69 Å². The molecular weight excluding hydrogens is 284 g/mol. The molecule has 6 heteroatoms. The van der Waals surface area contributed by atoms with Crippen molar-refractivity contribution in [2.75, 3.05) is 14.1 Å². The highest BCUT2D eigenvalue weighted by atomic mass is 32.1. The predicted molar refractivity (Wildman–Crippen MR) is 84.1 cm³/mol. The number of hydrogen-bond donors (Lipinski definition) is 1. The van der Waals surface area contributed by atoms with Gasteiger partial charge in [0.05, 0.1) is 12.1 Å². The first-order valence-electron chi connectivity index (χ1n) is 7.67. The van der Waals surface area contributed by atoms with E-state index in [1.807, 2.05) is 0 Å². The maximum absolute atomic E-state index is 11.7. The van der Waals surface area contributed by atoms with E-state index < -0.39 is 0 Å². The molecule has 3 rings (SSSR count). The summed E-state index contributed by atoms with van der Waals surface area (Å²) in [4.78, 5) is 20.6. The summed E-state index contributed by atoms with van der Waals surface area (Å²) < 4.78 is 0. The van der Waals surface area contributed by atoms with E-state index in [9.17, 15) is 4.79 Å². The summed E-state index contributed by atoms with van der Waals surface area (Å²) in [6.07, 6.45) is 5.19. The molecule has 2 unspecified atom stereocenters. The highest BCUT2D eigenvalue weighted by molar-refractivity contribution is 7.09. The molecule has 0 radical (unpaired) electrons. The number of carbonyl (C=O) groups excluding carboxylic acids is 1. The van der Waals surface area contributed by atoms with Gasteiger partial charge in [0.1, 0.15) is 5.01 Å². The van der Waals surface area contributed by atoms with Crippen molar-refractivity contribution in [2.24, 2.45) is 5.73 Å². The van der Waals surface area contributed by atoms with Crippen LogP contribution in [-0.4, -0.2) is 52.9 Å². The highest BCUT2D eigenvalue weighted by Gasteiger charge is 2.39. The summed E-state index contributed by atoms with van der Waals surface area (Å²) in [7, 11) is 3.57. The molecule has 2 aliphatic rings. The largest absolute Gasteiger partial charge is 0.348 e. The molecule has 116 valence electrons. The van der Waals surface area contributed by atoms with E-state index >= 15 is 0 Å². The highest BCUT2D eigenvalue weighted by Crippen LogP contribution is 2.36. The number of fused-ring (bicyclic) bond motifs is 2. The Bertz CT molecular complexity index is 502. The molecular formula is C15H24N4OS. The number of nitrogens with two attached hydrogens (primary N) is 1. The van der Waals surface area contributed by atoms with Crippen LogP contribution in [0.15, 0.2) is 5.38 Å². The molecule has 0 aromatic carbocycles. The molecule has 5 nitrogen and oxygen atoms in total. The number of piperidine rings is 1. The fourth-order valence-corrected chi connectivity index (χ4v) is 4.33. The third kappa shape index (κ3) is 3.27. The lowest BCUT2D eigenvalue weighted by Gasteiger charge is -2.37. The van der Waals surface area contributed by atoms with E-state index in [0.29, 0.717) is 24.5 Å². The molecule has 0 aliphatic carbocycles. The minimum Gasteiger partial charge on any atom is -0.348 e. The van der Waals surface area contributed by atoms with Gasteiger partial charge >= 0.3 is 0 Å². The van der Waals surface area contributed by atoms with Gasteiger partial charge in [0, 0.05) is 44.1 Å². The Kier molecular flexibility index (Phi) is 4.28. The van der Waals surface area contributed by atoms with Gasteiger partial charge in [0.25, 0.3) is 0 Å². The van der Waals surface area contributed by atoms with E-state index in [2.05, 4.69) is 15.3 Å². The van der Waals surface area contributed by atoms with Gasteiger partial charge < -0.3 is 10.6 Å². The molecule has 2 fully saturated rings. The second kappa shape index (κ2) is 6.02. The van der Waals surface area contributed by atoms with Gasteiger partial charge in [0.2, 0.25) is 5.91 Å². The quantitative estimate of drug-likeness (QED) is 0.909. The van der Waals surface area contributed by atoms with Crippen LogP contribution >= 0.6 is 11.3 Å². The van der Waals surface area contributed by atoms with Crippen LogP contribution in [0.3, 0.4) is 0 Å². The van der Waals surface area contributed by atoms with Crippen LogP contribution in [0, 0.1) is 0 Å². The number of likely N-dealkylation sites (N-methyl/N-ethyl adjacent to an activating group) is 1. The number of nitrogens with zero attached hydrogens (tertiary/aromatic N) is 3. The van der Waals surface area contributed by atoms with Crippen molar-refractivity contribution >= 4 is 17.2 Å². The van der Waals surface area contributed by atoms with E-state index in [0.717, 1.165) is 30.1 Å². The Morgan fingerprint density at radius 3 is 2.71 bits per heavy atom. The second-order valence-electron chi connectivity index (χ2n) is 6.49. The second-order valence-corrected chi connectivity index (χ2v) is 7.43. The lowest BCUT2D eigenvalue weighted by Crippen LogP contribution is -2.46. The van der Waals surface area contributed by atoms with Gasteiger partial charge in [-0.2, -0.15) is 0 Å². The van der Waals surface area contributed by atoms with Crippen molar-refractivity contribution in [1.29, 1.82) is 0 Å². The predicted octanol–water partition coefficient (Wildman–Crippen LogP) is 1.23. The molecule has 0 saturated carbocycles. The van der Waals surface area contributed by atoms with E-state index in [4.69, 9.17) is 5.73 Å². The van der Waals surface area contributed by atoms with Crippen LogP contribution in [0.1, 0.15) is 36.4 Å². The van der Waals surface area contributed by atoms with Crippen molar-refractivity contribution in [2.45, 2.75) is 56.8 Å². The molecule has 2 N–H and O–H groups in total. The van der Waals surface area contributed by atoms with Crippen molar-refractivity contribution < 1.29 is 4.79 Å². The Morgan fingerprint density at radius 1 is 1.43 bits per heavy atom. The van der Waals surface area contributed by atoms with Crippen LogP contribution in [0.25, 0.3) is 0 Å². The molecule has 3 heterocycles. The van der Waals surface area contributed by atoms with Gasteiger partial charge in [0.15, 0.2) is 0 Å². The van der Waals surface area contributed by atoms with E-state index in [1.54, 1.807) is 30.3 Å². The third-order valence-corrected chi connectivity index (χ3v) is 5.56. The molecule has 2 atom stereocenters. The smallest absolute Gasteiger partial charge is 0.228 e. The maximum Gasteiger partial charge on any atom is 0.228 e. The zero-order valence-electron chi connectivity index (χ0n) is 12.8. The molecule has 1 aromatic heterocycles. The summed E-state index contributed by atoms with van der Waals surface area (Å²) in [5.74, 6) is 0.111. The Morgan fingerprint density at radius 2 is 2.10 bits per heavy atom. The fraction of sp³-hybridized carbons (Fsp3) is 0.733. The first kappa shape index (κ1) is 14.9. The van der Waals surface area contributed by atoms with E-state index in [1.165, 1.54) is 12.8 Å². The summed E-state index contributed by atoms with van der Waals surface area (Å²) in [5, 5.41) is 3.02. The SMILES string of the molecule is CN(C)C(=O)Cc1nc(CN2C3CCC2CC(N)C3)cs1.